The SMILES string of the molecule is CC(CN=C(N)c1ccccc1)N1CCCC1. The van der Waals surface area contributed by atoms with Crippen molar-refractivity contribution in [1.29, 1.82) is 0 Å². The second kappa shape index (κ2) is 5.82. The van der Waals surface area contributed by atoms with Gasteiger partial charge in [0.15, 0.2) is 0 Å². The summed E-state index contributed by atoms with van der Waals surface area (Å²) in [6, 6.07) is 10.5. The molecule has 0 radical (unpaired) electrons. The topological polar surface area (TPSA) is 41.6 Å². The molecule has 0 spiro atoms. The molecule has 2 rings (SSSR count). The van der Waals surface area contributed by atoms with Gasteiger partial charge in [0.25, 0.3) is 0 Å². The van der Waals surface area contributed by atoms with Gasteiger partial charge in [-0.15, -0.1) is 0 Å². The molecule has 0 bridgehead atoms. The van der Waals surface area contributed by atoms with E-state index in [9.17, 15) is 0 Å². The summed E-state index contributed by atoms with van der Waals surface area (Å²) in [6.07, 6.45) is 2.64. The highest BCUT2D eigenvalue weighted by molar-refractivity contribution is 5.97. The Hall–Kier alpha value is -1.35. The minimum absolute atomic E-state index is 0.500. The van der Waals surface area contributed by atoms with Crippen molar-refractivity contribution in [1.82, 2.24) is 4.90 Å². The summed E-state index contributed by atoms with van der Waals surface area (Å²) in [5.74, 6) is 0.650. The van der Waals surface area contributed by atoms with Crippen molar-refractivity contribution < 1.29 is 0 Å². The molecule has 1 unspecified atom stereocenters. The maximum absolute atomic E-state index is 5.97. The lowest BCUT2D eigenvalue weighted by Gasteiger charge is -2.21. The van der Waals surface area contributed by atoms with Crippen molar-refractivity contribution in [2.24, 2.45) is 10.7 Å². The molecule has 3 heteroatoms. The molecular weight excluding hydrogens is 210 g/mol. The molecule has 0 saturated carbocycles. The van der Waals surface area contributed by atoms with E-state index in [-0.39, 0.29) is 0 Å². The van der Waals surface area contributed by atoms with Crippen LogP contribution in [0.5, 0.6) is 0 Å². The molecule has 1 aliphatic rings. The molecule has 1 aliphatic heterocycles. The van der Waals surface area contributed by atoms with Gasteiger partial charge in [-0.05, 0) is 32.9 Å². The molecule has 1 heterocycles. The van der Waals surface area contributed by atoms with E-state index in [4.69, 9.17) is 5.73 Å². The number of likely N-dealkylation sites (tertiary alicyclic amines) is 1. The van der Waals surface area contributed by atoms with E-state index in [1.807, 2.05) is 30.3 Å². The van der Waals surface area contributed by atoms with E-state index in [0.717, 1.165) is 12.1 Å². The zero-order chi connectivity index (χ0) is 12.1. The summed E-state index contributed by atoms with van der Waals surface area (Å²) in [5, 5.41) is 0. The average Bonchev–Trinajstić information content (AvgIpc) is 2.90. The van der Waals surface area contributed by atoms with Crippen LogP contribution in [0.25, 0.3) is 0 Å². The van der Waals surface area contributed by atoms with E-state index >= 15 is 0 Å². The molecule has 1 aromatic carbocycles. The first-order valence-corrected chi connectivity index (χ1v) is 6.37. The van der Waals surface area contributed by atoms with Crippen LogP contribution in [0.3, 0.4) is 0 Å². The van der Waals surface area contributed by atoms with Crippen LogP contribution in [0.2, 0.25) is 0 Å². The Kier molecular flexibility index (Phi) is 4.15. The van der Waals surface area contributed by atoms with Crippen molar-refractivity contribution in [3.05, 3.63) is 35.9 Å². The lowest BCUT2D eigenvalue weighted by molar-refractivity contribution is 0.265. The molecule has 3 nitrogen and oxygen atoms in total. The first-order valence-electron chi connectivity index (χ1n) is 6.37. The Morgan fingerprint density at radius 3 is 2.59 bits per heavy atom. The number of amidine groups is 1. The number of benzene rings is 1. The minimum Gasteiger partial charge on any atom is -0.384 e. The Morgan fingerprint density at radius 2 is 1.94 bits per heavy atom. The van der Waals surface area contributed by atoms with E-state index in [1.165, 1.54) is 25.9 Å². The van der Waals surface area contributed by atoms with Gasteiger partial charge in [-0.2, -0.15) is 0 Å². The lowest BCUT2D eigenvalue weighted by Crippen LogP contribution is -2.33. The molecular formula is C14H21N3. The third kappa shape index (κ3) is 3.30. The summed E-state index contributed by atoms with van der Waals surface area (Å²) in [5.41, 5.74) is 6.99. The van der Waals surface area contributed by atoms with Gasteiger partial charge in [0.2, 0.25) is 0 Å². The Morgan fingerprint density at radius 1 is 1.29 bits per heavy atom. The monoisotopic (exact) mass is 231 g/mol. The molecule has 1 fully saturated rings. The number of hydrogen-bond acceptors (Lipinski definition) is 2. The first kappa shape index (κ1) is 12.1. The third-order valence-corrected chi connectivity index (χ3v) is 3.36. The molecule has 17 heavy (non-hydrogen) atoms. The van der Waals surface area contributed by atoms with Gasteiger partial charge in [0, 0.05) is 11.6 Å². The zero-order valence-corrected chi connectivity index (χ0v) is 10.5. The van der Waals surface area contributed by atoms with Crippen molar-refractivity contribution in [3.63, 3.8) is 0 Å². The van der Waals surface area contributed by atoms with Gasteiger partial charge in [0.1, 0.15) is 5.84 Å². The van der Waals surface area contributed by atoms with Gasteiger partial charge >= 0.3 is 0 Å². The Bertz CT molecular complexity index is 366. The summed E-state index contributed by atoms with van der Waals surface area (Å²) in [6.45, 7) is 5.44. The van der Waals surface area contributed by atoms with Crippen LogP contribution < -0.4 is 5.73 Å². The van der Waals surface area contributed by atoms with Crippen molar-refractivity contribution in [2.45, 2.75) is 25.8 Å². The molecule has 1 atom stereocenters. The van der Waals surface area contributed by atoms with Crippen LogP contribution in [-0.2, 0) is 0 Å². The largest absolute Gasteiger partial charge is 0.384 e. The number of hydrogen-bond donors (Lipinski definition) is 1. The van der Waals surface area contributed by atoms with Gasteiger partial charge in [0.05, 0.1) is 6.54 Å². The maximum Gasteiger partial charge on any atom is 0.125 e. The lowest BCUT2D eigenvalue weighted by atomic mass is 10.2. The van der Waals surface area contributed by atoms with Gasteiger partial charge in [-0.25, -0.2) is 0 Å². The normalized spacial score (nSPS) is 19.5. The summed E-state index contributed by atoms with van der Waals surface area (Å²) >= 11 is 0. The average molecular weight is 231 g/mol. The van der Waals surface area contributed by atoms with Crippen LogP contribution >= 0.6 is 0 Å². The molecule has 0 aliphatic carbocycles. The molecule has 1 saturated heterocycles. The number of nitrogens with two attached hydrogens (primary N) is 1. The Balaban J connectivity index is 1.91. The summed E-state index contributed by atoms with van der Waals surface area (Å²) < 4.78 is 0. The third-order valence-electron chi connectivity index (χ3n) is 3.36. The highest BCUT2D eigenvalue weighted by atomic mass is 15.2. The zero-order valence-electron chi connectivity index (χ0n) is 10.5. The van der Waals surface area contributed by atoms with Crippen LogP contribution in [-0.4, -0.2) is 36.4 Å². The predicted molar refractivity (Wildman–Crippen MR) is 72.3 cm³/mol. The minimum atomic E-state index is 0.500. The van der Waals surface area contributed by atoms with E-state index in [1.54, 1.807) is 0 Å². The fraction of sp³-hybridized carbons (Fsp3) is 0.500. The van der Waals surface area contributed by atoms with E-state index in [2.05, 4.69) is 16.8 Å². The molecule has 92 valence electrons. The van der Waals surface area contributed by atoms with E-state index < -0.39 is 0 Å². The van der Waals surface area contributed by atoms with Crippen LogP contribution in [0.15, 0.2) is 35.3 Å². The van der Waals surface area contributed by atoms with Gasteiger partial charge < -0.3 is 5.73 Å². The quantitative estimate of drug-likeness (QED) is 0.635. The fourth-order valence-corrected chi connectivity index (χ4v) is 2.23. The summed E-state index contributed by atoms with van der Waals surface area (Å²) in [7, 11) is 0. The number of nitrogens with zero attached hydrogens (tertiary/aromatic N) is 2. The van der Waals surface area contributed by atoms with Gasteiger partial charge in [-0.1, -0.05) is 30.3 Å². The van der Waals surface area contributed by atoms with Crippen molar-refractivity contribution in [2.75, 3.05) is 19.6 Å². The molecule has 2 N–H and O–H groups in total. The second-order valence-electron chi connectivity index (χ2n) is 4.68. The predicted octanol–water partition coefficient (Wildman–Crippen LogP) is 1.88. The standard InChI is InChI=1S/C14H21N3/c1-12(17-9-5-6-10-17)11-16-14(15)13-7-3-2-4-8-13/h2-4,7-8,12H,5-6,9-11H2,1H3,(H2,15,16). The van der Waals surface area contributed by atoms with Crippen LogP contribution in [0.4, 0.5) is 0 Å². The first-order chi connectivity index (χ1) is 8.27. The van der Waals surface area contributed by atoms with Crippen LogP contribution in [0.1, 0.15) is 25.3 Å². The Labute approximate surface area is 103 Å². The second-order valence-corrected chi connectivity index (χ2v) is 4.68. The molecule has 1 aromatic rings. The van der Waals surface area contributed by atoms with E-state index in [0.29, 0.717) is 11.9 Å². The maximum atomic E-state index is 5.97. The fourth-order valence-electron chi connectivity index (χ4n) is 2.23. The van der Waals surface area contributed by atoms with Crippen LogP contribution in [0, 0.1) is 0 Å². The van der Waals surface area contributed by atoms with Crippen molar-refractivity contribution >= 4 is 5.84 Å². The molecule has 0 aromatic heterocycles. The van der Waals surface area contributed by atoms with Gasteiger partial charge in [-0.3, -0.25) is 9.89 Å². The summed E-state index contributed by atoms with van der Waals surface area (Å²) in [4.78, 5) is 6.98. The smallest absolute Gasteiger partial charge is 0.125 e. The molecule has 0 amide bonds. The van der Waals surface area contributed by atoms with Crippen molar-refractivity contribution in [3.8, 4) is 0 Å². The number of rotatable bonds is 4. The highest BCUT2D eigenvalue weighted by Gasteiger charge is 2.17. The highest BCUT2D eigenvalue weighted by Crippen LogP contribution is 2.11. The number of aliphatic imine (C=N–C) groups is 1.